The lowest BCUT2D eigenvalue weighted by Crippen LogP contribution is -1.99. The third-order valence-corrected chi connectivity index (χ3v) is 3.49. The molecule has 1 unspecified atom stereocenters. The Morgan fingerprint density at radius 3 is 2.72 bits per heavy atom. The van der Waals surface area contributed by atoms with E-state index < -0.39 is 0 Å². The fourth-order valence-electron chi connectivity index (χ4n) is 2.71. The summed E-state index contributed by atoms with van der Waals surface area (Å²) in [5.41, 5.74) is 5.90. The molecule has 0 saturated carbocycles. The lowest BCUT2D eigenvalue weighted by atomic mass is 9.88. The SMILES string of the molecule is CC1=Cc2ccccc2C1c1cccc(C#N)c1. The molecule has 2 aromatic carbocycles. The van der Waals surface area contributed by atoms with E-state index >= 15 is 0 Å². The summed E-state index contributed by atoms with van der Waals surface area (Å²) in [5.74, 6) is 0.300. The Balaban J connectivity index is 2.13. The van der Waals surface area contributed by atoms with Crippen molar-refractivity contribution in [1.82, 2.24) is 0 Å². The highest BCUT2D eigenvalue weighted by atomic mass is 14.3. The van der Waals surface area contributed by atoms with Crippen LogP contribution < -0.4 is 0 Å². The second-order valence-electron chi connectivity index (χ2n) is 4.69. The summed E-state index contributed by atoms with van der Waals surface area (Å²) in [6.07, 6.45) is 2.24. The quantitative estimate of drug-likeness (QED) is 0.724. The van der Waals surface area contributed by atoms with Gasteiger partial charge in [0.2, 0.25) is 0 Å². The molecule has 0 saturated heterocycles. The van der Waals surface area contributed by atoms with Crippen LogP contribution in [0.4, 0.5) is 0 Å². The Hall–Kier alpha value is -2.33. The van der Waals surface area contributed by atoms with Crippen LogP contribution in [-0.2, 0) is 0 Å². The van der Waals surface area contributed by atoms with Crippen LogP contribution in [0, 0.1) is 11.3 Å². The molecule has 0 fully saturated rings. The normalized spacial score (nSPS) is 16.9. The Bertz CT molecular complexity index is 674. The molecule has 0 aromatic heterocycles. The Morgan fingerprint density at radius 1 is 1.06 bits per heavy atom. The van der Waals surface area contributed by atoms with E-state index in [9.17, 15) is 0 Å². The van der Waals surface area contributed by atoms with Crippen LogP contribution in [-0.4, -0.2) is 0 Å². The van der Waals surface area contributed by atoms with E-state index in [1.54, 1.807) is 0 Å². The molecule has 3 rings (SSSR count). The summed E-state index contributed by atoms with van der Waals surface area (Å²) in [6, 6.07) is 18.6. The zero-order valence-corrected chi connectivity index (χ0v) is 10.2. The van der Waals surface area contributed by atoms with Crippen LogP contribution in [0.1, 0.15) is 35.1 Å². The van der Waals surface area contributed by atoms with Crippen molar-refractivity contribution in [3.63, 3.8) is 0 Å². The molecule has 1 atom stereocenters. The van der Waals surface area contributed by atoms with Crippen molar-refractivity contribution >= 4 is 6.08 Å². The van der Waals surface area contributed by atoms with Crippen molar-refractivity contribution in [1.29, 1.82) is 5.26 Å². The molecular weight excluding hydrogens is 218 g/mol. The molecule has 1 nitrogen and oxygen atoms in total. The van der Waals surface area contributed by atoms with Crippen LogP contribution in [0.25, 0.3) is 6.08 Å². The number of rotatable bonds is 1. The minimum atomic E-state index is 0.300. The number of allylic oxidation sites excluding steroid dienone is 1. The average Bonchev–Trinajstić information content (AvgIpc) is 2.74. The van der Waals surface area contributed by atoms with Gasteiger partial charge in [-0.15, -0.1) is 0 Å². The van der Waals surface area contributed by atoms with Gasteiger partial charge >= 0.3 is 0 Å². The summed E-state index contributed by atoms with van der Waals surface area (Å²) in [7, 11) is 0. The standard InChI is InChI=1S/C17H13N/c1-12-9-14-6-2-3-8-16(14)17(12)15-7-4-5-13(10-15)11-18/h2-10,17H,1H3. The van der Waals surface area contributed by atoms with E-state index in [0.717, 1.165) is 5.56 Å². The predicted molar refractivity (Wildman–Crippen MR) is 73.1 cm³/mol. The Kier molecular flexibility index (Phi) is 2.50. The molecule has 0 heterocycles. The lowest BCUT2D eigenvalue weighted by molar-refractivity contribution is 0.975. The van der Waals surface area contributed by atoms with Gasteiger partial charge in [-0.05, 0) is 35.7 Å². The molecule has 0 spiro atoms. The van der Waals surface area contributed by atoms with Crippen molar-refractivity contribution in [2.45, 2.75) is 12.8 Å². The molecule has 0 amide bonds. The molecule has 0 aliphatic heterocycles. The highest BCUT2D eigenvalue weighted by molar-refractivity contribution is 5.69. The van der Waals surface area contributed by atoms with E-state index in [1.807, 2.05) is 18.2 Å². The summed E-state index contributed by atoms with van der Waals surface area (Å²) in [4.78, 5) is 0. The van der Waals surface area contributed by atoms with Gasteiger partial charge in [0.25, 0.3) is 0 Å². The van der Waals surface area contributed by atoms with E-state index in [2.05, 4.69) is 49.4 Å². The molecule has 86 valence electrons. The maximum absolute atomic E-state index is 9.00. The average molecular weight is 231 g/mol. The molecule has 0 radical (unpaired) electrons. The summed E-state index contributed by atoms with van der Waals surface area (Å²) in [5, 5.41) is 9.00. The molecule has 1 heteroatoms. The molecule has 1 aliphatic rings. The number of hydrogen-bond donors (Lipinski definition) is 0. The van der Waals surface area contributed by atoms with E-state index in [4.69, 9.17) is 5.26 Å². The highest BCUT2D eigenvalue weighted by Crippen LogP contribution is 2.40. The second kappa shape index (κ2) is 4.16. The zero-order chi connectivity index (χ0) is 12.5. The van der Waals surface area contributed by atoms with E-state index in [0.29, 0.717) is 5.92 Å². The maximum Gasteiger partial charge on any atom is 0.0991 e. The fourth-order valence-corrected chi connectivity index (χ4v) is 2.71. The topological polar surface area (TPSA) is 23.8 Å². The smallest absolute Gasteiger partial charge is 0.0991 e. The van der Waals surface area contributed by atoms with Gasteiger partial charge in [-0.1, -0.05) is 48.0 Å². The largest absolute Gasteiger partial charge is 0.192 e. The Labute approximate surface area is 107 Å². The van der Waals surface area contributed by atoms with Crippen LogP contribution >= 0.6 is 0 Å². The molecule has 1 aliphatic carbocycles. The van der Waals surface area contributed by atoms with Gasteiger partial charge in [0, 0.05) is 5.92 Å². The minimum absolute atomic E-state index is 0.300. The van der Waals surface area contributed by atoms with Gasteiger partial charge < -0.3 is 0 Å². The van der Waals surface area contributed by atoms with Gasteiger partial charge in [-0.3, -0.25) is 0 Å². The first-order valence-corrected chi connectivity index (χ1v) is 6.07. The zero-order valence-electron chi connectivity index (χ0n) is 10.2. The number of nitriles is 1. The first-order chi connectivity index (χ1) is 8.79. The second-order valence-corrected chi connectivity index (χ2v) is 4.69. The summed E-state index contributed by atoms with van der Waals surface area (Å²) < 4.78 is 0. The monoisotopic (exact) mass is 231 g/mol. The van der Waals surface area contributed by atoms with Crippen LogP contribution in [0.2, 0.25) is 0 Å². The number of hydrogen-bond acceptors (Lipinski definition) is 1. The number of fused-ring (bicyclic) bond motifs is 1. The van der Waals surface area contributed by atoms with Crippen LogP contribution in [0.3, 0.4) is 0 Å². The lowest BCUT2D eigenvalue weighted by Gasteiger charge is -2.15. The minimum Gasteiger partial charge on any atom is -0.192 e. The van der Waals surface area contributed by atoms with Crippen LogP contribution in [0.15, 0.2) is 54.1 Å². The van der Waals surface area contributed by atoms with Crippen molar-refractivity contribution in [3.8, 4) is 6.07 Å². The van der Waals surface area contributed by atoms with E-state index in [-0.39, 0.29) is 0 Å². The van der Waals surface area contributed by atoms with Crippen molar-refractivity contribution in [2.24, 2.45) is 0 Å². The van der Waals surface area contributed by atoms with E-state index in [1.165, 1.54) is 22.3 Å². The maximum atomic E-state index is 9.00. The third kappa shape index (κ3) is 1.63. The molecule has 18 heavy (non-hydrogen) atoms. The molecule has 2 aromatic rings. The molecular formula is C17H13N. The van der Waals surface area contributed by atoms with Gasteiger partial charge in [0.1, 0.15) is 0 Å². The highest BCUT2D eigenvalue weighted by Gasteiger charge is 2.23. The number of benzene rings is 2. The first kappa shape index (κ1) is 10.8. The van der Waals surface area contributed by atoms with Gasteiger partial charge in [0.05, 0.1) is 11.6 Å². The van der Waals surface area contributed by atoms with Crippen molar-refractivity contribution in [2.75, 3.05) is 0 Å². The van der Waals surface area contributed by atoms with Crippen molar-refractivity contribution in [3.05, 3.63) is 76.4 Å². The van der Waals surface area contributed by atoms with Crippen molar-refractivity contribution < 1.29 is 0 Å². The number of nitrogens with zero attached hydrogens (tertiary/aromatic N) is 1. The van der Waals surface area contributed by atoms with Gasteiger partial charge in [-0.2, -0.15) is 5.26 Å². The predicted octanol–water partition coefficient (Wildman–Crippen LogP) is 4.11. The van der Waals surface area contributed by atoms with Crippen LogP contribution in [0.5, 0.6) is 0 Å². The molecule has 0 N–H and O–H groups in total. The van der Waals surface area contributed by atoms with Gasteiger partial charge in [0.15, 0.2) is 0 Å². The molecule has 0 bridgehead atoms. The first-order valence-electron chi connectivity index (χ1n) is 6.07. The third-order valence-electron chi connectivity index (χ3n) is 3.49. The summed E-state index contributed by atoms with van der Waals surface area (Å²) >= 11 is 0. The fraction of sp³-hybridized carbons (Fsp3) is 0.118. The van der Waals surface area contributed by atoms with Gasteiger partial charge in [-0.25, -0.2) is 0 Å². The Morgan fingerprint density at radius 2 is 1.89 bits per heavy atom. The summed E-state index contributed by atoms with van der Waals surface area (Å²) in [6.45, 7) is 2.16.